The highest BCUT2D eigenvalue weighted by Crippen LogP contribution is 2.39. The van der Waals surface area contributed by atoms with Crippen LogP contribution in [0.1, 0.15) is 36.8 Å². The third kappa shape index (κ3) is 5.25. The Hall–Kier alpha value is -3.40. The summed E-state index contributed by atoms with van der Waals surface area (Å²) >= 11 is 1.42. The van der Waals surface area contributed by atoms with Crippen LogP contribution in [0.4, 0.5) is 0 Å². The van der Waals surface area contributed by atoms with Crippen molar-refractivity contribution in [3.05, 3.63) is 52.2 Å². The number of hydrogen-bond donors (Lipinski definition) is 4. The second-order valence-corrected chi connectivity index (χ2v) is 8.35. The van der Waals surface area contributed by atoms with E-state index < -0.39 is 23.3 Å². The minimum Gasteiger partial charge on any atom is -0.494 e. The Morgan fingerprint density at radius 3 is 2.62 bits per heavy atom. The molecule has 2 amide bonds. The van der Waals surface area contributed by atoms with E-state index in [1.807, 2.05) is 16.8 Å². The molecule has 9 nitrogen and oxygen atoms in total. The first-order valence-corrected chi connectivity index (χ1v) is 11.2. The summed E-state index contributed by atoms with van der Waals surface area (Å²) in [6.45, 7) is 0.947. The average Bonchev–Trinajstić information content (AvgIpc) is 3.30. The van der Waals surface area contributed by atoms with Crippen molar-refractivity contribution in [1.82, 2.24) is 10.2 Å². The molecule has 0 spiro atoms. The molecule has 1 aliphatic rings. The molecule has 2 heterocycles. The Morgan fingerprint density at radius 2 is 2.00 bits per heavy atom. The van der Waals surface area contributed by atoms with E-state index in [1.165, 1.54) is 16.2 Å². The zero-order valence-electron chi connectivity index (χ0n) is 17.5. The van der Waals surface area contributed by atoms with Gasteiger partial charge in [0.05, 0.1) is 18.6 Å². The van der Waals surface area contributed by atoms with E-state index in [1.54, 1.807) is 24.3 Å². The molecule has 1 aromatic carbocycles. The fourth-order valence-electron chi connectivity index (χ4n) is 3.93. The number of nitrogen functional groups attached to an aromatic ring is 1. The maximum Gasteiger partial charge on any atom is 0.312 e. The number of piperazine rings is 1. The molecule has 3 rings (SSSR count). The molecular weight excluding hydrogens is 432 g/mol. The number of nitrogens with zero attached hydrogens (tertiary/aromatic N) is 1. The van der Waals surface area contributed by atoms with Crippen molar-refractivity contribution in [2.24, 2.45) is 5.73 Å². The Morgan fingerprint density at radius 1 is 1.25 bits per heavy atom. The lowest BCUT2D eigenvalue weighted by Crippen LogP contribution is -2.60. The van der Waals surface area contributed by atoms with E-state index in [0.29, 0.717) is 37.2 Å². The van der Waals surface area contributed by atoms with Crippen LogP contribution in [0.3, 0.4) is 0 Å². The van der Waals surface area contributed by atoms with Crippen molar-refractivity contribution >= 4 is 35.0 Å². The van der Waals surface area contributed by atoms with Crippen molar-refractivity contribution in [3.63, 3.8) is 0 Å². The number of hydrogen-bond acceptors (Lipinski definition) is 6. The number of amides is 2. The predicted octanol–water partition coefficient (Wildman–Crippen LogP) is 1.91. The summed E-state index contributed by atoms with van der Waals surface area (Å²) in [5.74, 6) is -1.81. The van der Waals surface area contributed by atoms with Crippen molar-refractivity contribution in [2.75, 3.05) is 19.7 Å². The molecule has 1 aromatic heterocycles. The van der Waals surface area contributed by atoms with Gasteiger partial charge in [0.2, 0.25) is 0 Å². The van der Waals surface area contributed by atoms with Crippen LogP contribution in [0.25, 0.3) is 0 Å². The van der Waals surface area contributed by atoms with Crippen LogP contribution < -0.4 is 15.8 Å². The second-order valence-electron chi connectivity index (χ2n) is 7.57. The van der Waals surface area contributed by atoms with Gasteiger partial charge in [-0.3, -0.25) is 19.8 Å². The number of carbonyl (C=O) groups excluding carboxylic acids is 2. The monoisotopic (exact) mass is 458 g/mol. The van der Waals surface area contributed by atoms with Crippen LogP contribution in [0.2, 0.25) is 0 Å². The molecule has 0 aliphatic carbocycles. The molecule has 0 radical (unpaired) electrons. The quantitative estimate of drug-likeness (QED) is 0.175. The summed E-state index contributed by atoms with van der Waals surface area (Å²) in [6, 6.07) is 8.71. The maximum atomic E-state index is 12.7. The summed E-state index contributed by atoms with van der Waals surface area (Å²) < 4.78 is 5.74. The first-order chi connectivity index (χ1) is 15.3. The van der Waals surface area contributed by atoms with E-state index in [2.05, 4.69) is 5.32 Å². The molecule has 1 saturated heterocycles. The minimum atomic E-state index is -1.09. The van der Waals surface area contributed by atoms with E-state index in [9.17, 15) is 19.5 Å². The van der Waals surface area contributed by atoms with E-state index >= 15 is 0 Å². The molecule has 1 atom stereocenters. The molecule has 32 heavy (non-hydrogen) atoms. The first kappa shape index (κ1) is 23.3. The third-order valence-electron chi connectivity index (χ3n) is 5.50. The third-order valence-corrected chi connectivity index (χ3v) is 6.18. The number of nitrogens with two attached hydrogens (primary N) is 1. The maximum absolute atomic E-state index is 12.7. The van der Waals surface area contributed by atoms with Gasteiger partial charge in [0, 0.05) is 18.7 Å². The zero-order valence-corrected chi connectivity index (χ0v) is 18.3. The number of carboxylic acid groups (broad SMARTS) is 1. The molecule has 2 aromatic rings. The first-order valence-electron chi connectivity index (χ1n) is 10.2. The van der Waals surface area contributed by atoms with Crippen molar-refractivity contribution < 1.29 is 24.2 Å². The van der Waals surface area contributed by atoms with Gasteiger partial charge >= 0.3 is 17.8 Å². The Bertz CT molecular complexity index is 977. The fraction of sp³-hybridized carbons (Fsp3) is 0.364. The van der Waals surface area contributed by atoms with Crippen LogP contribution in [0, 0.1) is 5.41 Å². The standard InChI is InChI=1S/C22H26N4O5S/c23-19(24)15-3-5-17(6-4-15)31-11-2-1-8-22(13-18(27)28,16-7-12-32-14-16)26-10-9-25-20(29)21(26)30/h3-7,12,14H,1-2,8-11,13H2,(H3,23,24)(H,25,29)(H,27,28). The summed E-state index contributed by atoms with van der Waals surface area (Å²) in [6.07, 6.45) is 1.34. The zero-order chi connectivity index (χ0) is 23.1. The molecular formula is C22H26N4O5S. The summed E-state index contributed by atoms with van der Waals surface area (Å²) in [4.78, 5) is 37.9. The molecule has 0 saturated carbocycles. The number of thiophene rings is 1. The normalized spacial score (nSPS) is 15.7. The summed E-state index contributed by atoms with van der Waals surface area (Å²) in [7, 11) is 0. The van der Waals surface area contributed by atoms with E-state index in [4.69, 9.17) is 15.9 Å². The highest BCUT2D eigenvalue weighted by atomic mass is 32.1. The van der Waals surface area contributed by atoms with Gasteiger partial charge in [-0.25, -0.2) is 0 Å². The van der Waals surface area contributed by atoms with Crippen molar-refractivity contribution in [3.8, 4) is 5.75 Å². The van der Waals surface area contributed by atoms with Gasteiger partial charge < -0.3 is 25.8 Å². The lowest BCUT2D eigenvalue weighted by Gasteiger charge is -2.44. The SMILES string of the molecule is N=C(N)c1ccc(OCCCCC(CC(=O)O)(c2ccsc2)N2CCNC(=O)C2=O)cc1. The van der Waals surface area contributed by atoms with Gasteiger partial charge in [0.25, 0.3) is 0 Å². The van der Waals surface area contributed by atoms with Crippen LogP contribution in [-0.2, 0) is 19.9 Å². The highest BCUT2D eigenvalue weighted by molar-refractivity contribution is 7.08. The van der Waals surface area contributed by atoms with Crippen LogP contribution >= 0.6 is 11.3 Å². The van der Waals surface area contributed by atoms with Gasteiger partial charge in [-0.2, -0.15) is 11.3 Å². The Labute approximate surface area is 189 Å². The van der Waals surface area contributed by atoms with Gasteiger partial charge in [-0.05, 0) is 65.9 Å². The molecule has 1 fully saturated rings. The van der Waals surface area contributed by atoms with Gasteiger partial charge in [-0.15, -0.1) is 0 Å². The fourth-order valence-corrected chi connectivity index (χ4v) is 4.68. The van der Waals surface area contributed by atoms with E-state index in [0.717, 1.165) is 5.56 Å². The van der Waals surface area contributed by atoms with Crippen LogP contribution in [0.5, 0.6) is 5.75 Å². The number of amidine groups is 1. The minimum absolute atomic E-state index is 0.0132. The molecule has 1 unspecified atom stereocenters. The number of ether oxygens (including phenoxy) is 1. The smallest absolute Gasteiger partial charge is 0.312 e. The predicted molar refractivity (Wildman–Crippen MR) is 120 cm³/mol. The molecule has 10 heteroatoms. The van der Waals surface area contributed by atoms with E-state index in [-0.39, 0.29) is 25.3 Å². The number of benzene rings is 1. The summed E-state index contributed by atoms with van der Waals surface area (Å²) in [5, 5.41) is 23.3. The molecule has 170 valence electrons. The van der Waals surface area contributed by atoms with Gasteiger partial charge in [-0.1, -0.05) is 0 Å². The summed E-state index contributed by atoms with van der Waals surface area (Å²) in [5.41, 5.74) is 5.70. The van der Waals surface area contributed by atoms with Crippen LogP contribution in [0.15, 0.2) is 41.1 Å². The van der Waals surface area contributed by atoms with Crippen molar-refractivity contribution in [1.29, 1.82) is 5.41 Å². The number of carbonyl (C=O) groups is 3. The van der Waals surface area contributed by atoms with Crippen LogP contribution in [-0.4, -0.2) is 53.3 Å². The molecule has 1 aliphatic heterocycles. The topological polar surface area (TPSA) is 146 Å². The highest BCUT2D eigenvalue weighted by Gasteiger charge is 2.46. The molecule has 0 bridgehead atoms. The average molecular weight is 459 g/mol. The number of aliphatic carboxylic acids is 1. The largest absolute Gasteiger partial charge is 0.494 e. The number of nitrogens with one attached hydrogen (secondary N) is 2. The second kappa shape index (κ2) is 10.3. The number of rotatable bonds is 11. The lowest BCUT2D eigenvalue weighted by molar-refractivity contribution is -0.157. The Kier molecular flexibility index (Phi) is 7.47. The Balaban J connectivity index is 1.70. The number of unbranched alkanes of at least 4 members (excludes halogenated alkanes) is 1. The van der Waals surface area contributed by atoms with Gasteiger partial charge in [0.1, 0.15) is 11.6 Å². The lowest BCUT2D eigenvalue weighted by atomic mass is 9.81. The number of carboxylic acids is 1. The van der Waals surface area contributed by atoms with Crippen molar-refractivity contribution in [2.45, 2.75) is 31.2 Å². The molecule has 5 N–H and O–H groups in total. The van der Waals surface area contributed by atoms with Gasteiger partial charge in [0.15, 0.2) is 0 Å².